The highest BCUT2D eigenvalue weighted by Gasteiger charge is 2.39. The Kier molecular flexibility index (Phi) is 4.97. The molecule has 2 unspecified atom stereocenters. The predicted molar refractivity (Wildman–Crippen MR) is 90.1 cm³/mol. The van der Waals surface area contributed by atoms with Gasteiger partial charge < -0.3 is 4.90 Å². The molecule has 0 radical (unpaired) electrons. The Balaban J connectivity index is 1.78. The first-order valence-corrected chi connectivity index (χ1v) is 8.75. The molecule has 2 fully saturated rings. The smallest absolute Gasteiger partial charge is 0.254 e. The monoisotopic (exact) mass is 311 g/mol. The van der Waals surface area contributed by atoms with Gasteiger partial charge in [0, 0.05) is 24.2 Å². The summed E-state index contributed by atoms with van der Waals surface area (Å²) in [4.78, 5) is 17.6. The normalized spacial score (nSPS) is 24.8. The van der Waals surface area contributed by atoms with Crippen LogP contribution in [0.2, 0.25) is 0 Å². The van der Waals surface area contributed by atoms with E-state index in [1.54, 1.807) is 0 Å². The lowest BCUT2D eigenvalue weighted by Crippen LogP contribution is -2.48. The van der Waals surface area contributed by atoms with Crippen LogP contribution in [0.25, 0.3) is 0 Å². The average Bonchev–Trinajstić information content (AvgIpc) is 3.23. The van der Waals surface area contributed by atoms with Crippen LogP contribution >= 0.6 is 0 Å². The summed E-state index contributed by atoms with van der Waals surface area (Å²) < 4.78 is 0. The van der Waals surface area contributed by atoms with Gasteiger partial charge in [0.1, 0.15) is 0 Å². The van der Waals surface area contributed by atoms with Crippen molar-refractivity contribution in [3.8, 4) is 6.07 Å². The molecule has 2 heterocycles. The van der Waals surface area contributed by atoms with E-state index in [2.05, 4.69) is 22.8 Å². The van der Waals surface area contributed by atoms with Crippen LogP contribution < -0.4 is 0 Å². The molecule has 0 aromatic heterocycles. The molecular weight excluding hydrogens is 286 g/mol. The highest BCUT2D eigenvalue weighted by molar-refractivity contribution is 5.94. The molecule has 122 valence electrons. The van der Waals surface area contributed by atoms with Crippen molar-refractivity contribution in [3.63, 3.8) is 0 Å². The fourth-order valence-electron chi connectivity index (χ4n) is 4.20. The summed E-state index contributed by atoms with van der Waals surface area (Å²) in [5.41, 5.74) is 1.65. The second-order valence-electron chi connectivity index (χ2n) is 6.58. The number of nitrogens with zero attached hydrogens (tertiary/aromatic N) is 3. The van der Waals surface area contributed by atoms with Crippen molar-refractivity contribution in [3.05, 3.63) is 35.4 Å². The molecule has 2 aliphatic rings. The zero-order valence-electron chi connectivity index (χ0n) is 13.9. The van der Waals surface area contributed by atoms with Crippen LogP contribution in [0.4, 0.5) is 0 Å². The van der Waals surface area contributed by atoms with Gasteiger partial charge in [0.25, 0.3) is 5.91 Å². The van der Waals surface area contributed by atoms with E-state index in [9.17, 15) is 4.79 Å². The van der Waals surface area contributed by atoms with Crippen molar-refractivity contribution in [2.24, 2.45) is 0 Å². The third-order valence-corrected chi connectivity index (χ3v) is 5.28. The lowest BCUT2D eigenvalue weighted by Gasteiger charge is -2.34. The van der Waals surface area contributed by atoms with Crippen molar-refractivity contribution in [2.75, 3.05) is 19.6 Å². The van der Waals surface area contributed by atoms with Crippen LogP contribution in [0.1, 0.15) is 48.5 Å². The Hall–Kier alpha value is -1.86. The number of hydrogen-bond acceptors (Lipinski definition) is 3. The molecule has 1 aromatic carbocycles. The SMILES string of the molecule is CCN1CCCC1C1CCCN1C(=O)c1cccc(CC#N)c1. The molecule has 2 aliphatic heterocycles. The lowest BCUT2D eigenvalue weighted by atomic mass is 10.0. The Morgan fingerprint density at radius 3 is 2.83 bits per heavy atom. The molecule has 2 atom stereocenters. The zero-order valence-corrected chi connectivity index (χ0v) is 13.9. The minimum Gasteiger partial charge on any atom is -0.334 e. The first kappa shape index (κ1) is 16.0. The average molecular weight is 311 g/mol. The molecular formula is C19H25N3O. The van der Waals surface area contributed by atoms with Crippen LogP contribution in [-0.4, -0.2) is 47.4 Å². The van der Waals surface area contributed by atoms with Crippen molar-refractivity contribution in [2.45, 2.75) is 51.1 Å². The predicted octanol–water partition coefficient (Wildman–Crippen LogP) is 2.84. The van der Waals surface area contributed by atoms with Gasteiger partial charge in [0.2, 0.25) is 0 Å². The Morgan fingerprint density at radius 1 is 1.26 bits per heavy atom. The molecule has 0 spiro atoms. The fourth-order valence-corrected chi connectivity index (χ4v) is 4.20. The lowest BCUT2D eigenvalue weighted by molar-refractivity contribution is 0.0650. The summed E-state index contributed by atoms with van der Waals surface area (Å²) >= 11 is 0. The second-order valence-corrected chi connectivity index (χ2v) is 6.58. The van der Waals surface area contributed by atoms with Gasteiger partial charge >= 0.3 is 0 Å². The van der Waals surface area contributed by atoms with Crippen molar-refractivity contribution >= 4 is 5.91 Å². The van der Waals surface area contributed by atoms with Crippen molar-refractivity contribution in [1.29, 1.82) is 5.26 Å². The summed E-state index contributed by atoms with van der Waals surface area (Å²) in [7, 11) is 0. The molecule has 4 nitrogen and oxygen atoms in total. The topological polar surface area (TPSA) is 47.3 Å². The van der Waals surface area contributed by atoms with Gasteiger partial charge in [-0.3, -0.25) is 9.69 Å². The van der Waals surface area contributed by atoms with Gasteiger partial charge in [-0.2, -0.15) is 5.26 Å². The zero-order chi connectivity index (χ0) is 16.2. The highest BCUT2D eigenvalue weighted by Crippen LogP contribution is 2.30. The van der Waals surface area contributed by atoms with Crippen molar-refractivity contribution < 1.29 is 4.79 Å². The summed E-state index contributed by atoms with van der Waals surface area (Å²) in [6, 6.07) is 10.6. The number of hydrogen-bond donors (Lipinski definition) is 0. The van der Waals surface area contributed by atoms with Crippen LogP contribution in [0.15, 0.2) is 24.3 Å². The quantitative estimate of drug-likeness (QED) is 0.859. The van der Waals surface area contributed by atoms with Gasteiger partial charge in [0.15, 0.2) is 0 Å². The minimum atomic E-state index is 0.134. The highest BCUT2D eigenvalue weighted by atomic mass is 16.2. The summed E-state index contributed by atoms with van der Waals surface area (Å²) in [5.74, 6) is 0.134. The molecule has 2 saturated heterocycles. The number of likely N-dealkylation sites (N-methyl/N-ethyl adjacent to an activating group) is 1. The van der Waals surface area contributed by atoms with E-state index < -0.39 is 0 Å². The third kappa shape index (κ3) is 3.25. The first-order chi connectivity index (χ1) is 11.2. The van der Waals surface area contributed by atoms with E-state index >= 15 is 0 Å². The number of amides is 1. The van der Waals surface area contributed by atoms with Gasteiger partial charge in [-0.1, -0.05) is 19.1 Å². The molecule has 0 aliphatic carbocycles. The number of carbonyl (C=O) groups excluding carboxylic acids is 1. The maximum Gasteiger partial charge on any atom is 0.254 e. The number of nitriles is 1. The fraction of sp³-hybridized carbons (Fsp3) is 0.579. The van der Waals surface area contributed by atoms with Crippen LogP contribution in [-0.2, 0) is 6.42 Å². The maximum atomic E-state index is 13.0. The van der Waals surface area contributed by atoms with Crippen LogP contribution in [0.5, 0.6) is 0 Å². The first-order valence-electron chi connectivity index (χ1n) is 8.75. The molecule has 23 heavy (non-hydrogen) atoms. The Bertz CT molecular complexity index is 607. The van der Waals surface area contributed by atoms with Gasteiger partial charge in [-0.25, -0.2) is 0 Å². The van der Waals surface area contributed by atoms with Crippen LogP contribution in [0, 0.1) is 11.3 Å². The Labute approximate surface area is 138 Å². The summed E-state index contributed by atoms with van der Waals surface area (Å²) in [5, 5.41) is 8.85. The van der Waals surface area contributed by atoms with E-state index in [1.807, 2.05) is 24.3 Å². The van der Waals surface area contributed by atoms with Gasteiger partial charge in [-0.15, -0.1) is 0 Å². The number of carbonyl (C=O) groups is 1. The number of benzene rings is 1. The maximum absolute atomic E-state index is 13.0. The standard InChI is InChI=1S/C19H25N3O/c1-2-21-12-4-8-17(21)18-9-5-13-22(18)19(23)16-7-3-6-15(14-16)10-11-20/h3,6-7,14,17-18H,2,4-5,8-10,12-13H2,1H3. The van der Waals surface area contributed by atoms with Crippen molar-refractivity contribution in [1.82, 2.24) is 9.80 Å². The van der Waals surface area contributed by atoms with Gasteiger partial charge in [0.05, 0.1) is 12.5 Å². The molecule has 1 amide bonds. The molecule has 1 aromatic rings. The summed E-state index contributed by atoms with van der Waals surface area (Å²) in [6.07, 6.45) is 5.02. The molecule has 3 rings (SSSR count). The van der Waals surface area contributed by atoms with E-state index in [4.69, 9.17) is 5.26 Å². The van der Waals surface area contributed by atoms with Crippen LogP contribution in [0.3, 0.4) is 0 Å². The minimum absolute atomic E-state index is 0.134. The van der Waals surface area contributed by atoms with Gasteiger partial charge in [-0.05, 0) is 56.5 Å². The number of rotatable bonds is 4. The van der Waals surface area contributed by atoms with E-state index in [0.29, 0.717) is 18.5 Å². The summed E-state index contributed by atoms with van der Waals surface area (Å²) in [6.45, 7) is 5.31. The van der Waals surface area contributed by atoms with E-state index in [-0.39, 0.29) is 5.91 Å². The second kappa shape index (κ2) is 7.14. The molecule has 4 heteroatoms. The number of likely N-dealkylation sites (tertiary alicyclic amines) is 2. The van der Waals surface area contributed by atoms with E-state index in [1.165, 1.54) is 12.8 Å². The molecule has 0 bridgehead atoms. The largest absolute Gasteiger partial charge is 0.334 e. The molecule has 0 N–H and O–H groups in total. The van der Waals surface area contributed by atoms with E-state index in [0.717, 1.165) is 43.6 Å². The third-order valence-electron chi connectivity index (χ3n) is 5.28. The molecule has 0 saturated carbocycles. The Morgan fingerprint density at radius 2 is 2.04 bits per heavy atom.